The first-order valence-corrected chi connectivity index (χ1v) is 7.22. The molecule has 1 fully saturated rings. The van der Waals surface area contributed by atoms with Gasteiger partial charge in [0.2, 0.25) is 0 Å². The Morgan fingerprint density at radius 2 is 2.12 bits per heavy atom. The molecule has 2 heterocycles. The molecule has 0 radical (unpaired) electrons. The molecule has 0 atom stereocenters. The molecule has 0 saturated carbocycles. The van der Waals surface area contributed by atoms with E-state index in [1.165, 1.54) is 30.9 Å². The number of alkyl halides is 1. The van der Waals surface area contributed by atoms with E-state index in [0.717, 1.165) is 12.2 Å². The smallest absolute Gasteiger partial charge is 0.107 e. The van der Waals surface area contributed by atoms with Gasteiger partial charge in [0.25, 0.3) is 0 Å². The summed E-state index contributed by atoms with van der Waals surface area (Å²) in [5.74, 6) is 0.531. The third kappa shape index (κ3) is 3.19. The van der Waals surface area contributed by atoms with Gasteiger partial charge in [-0.2, -0.15) is 0 Å². The molecule has 16 heavy (non-hydrogen) atoms. The topological polar surface area (TPSA) is 16.1 Å². The van der Waals surface area contributed by atoms with E-state index in [1.54, 1.807) is 11.3 Å². The standard InChI is InChI=1S/C12H19ClN2S/c1-12(2)3-5-15(6-4-12)8-11-14-10(7-13)9-16-11/h9H,3-8H2,1-2H3. The Morgan fingerprint density at radius 1 is 1.44 bits per heavy atom. The van der Waals surface area contributed by atoms with Gasteiger partial charge in [0.15, 0.2) is 0 Å². The van der Waals surface area contributed by atoms with Crippen molar-refractivity contribution in [2.75, 3.05) is 13.1 Å². The minimum Gasteiger partial charge on any atom is -0.297 e. The second-order valence-corrected chi connectivity index (χ2v) is 6.52. The predicted molar refractivity (Wildman–Crippen MR) is 70.0 cm³/mol. The first kappa shape index (κ1) is 12.3. The number of nitrogens with zero attached hydrogens (tertiary/aromatic N) is 2. The highest BCUT2D eigenvalue weighted by molar-refractivity contribution is 7.09. The monoisotopic (exact) mass is 258 g/mol. The molecule has 0 bridgehead atoms. The van der Waals surface area contributed by atoms with Crippen molar-refractivity contribution in [3.8, 4) is 0 Å². The van der Waals surface area contributed by atoms with Gasteiger partial charge < -0.3 is 0 Å². The molecule has 4 heteroatoms. The number of likely N-dealkylation sites (tertiary alicyclic amines) is 1. The third-order valence-electron chi connectivity index (χ3n) is 3.30. The van der Waals surface area contributed by atoms with E-state index in [0.29, 0.717) is 11.3 Å². The van der Waals surface area contributed by atoms with Crippen LogP contribution in [-0.4, -0.2) is 23.0 Å². The molecule has 0 aromatic carbocycles. The van der Waals surface area contributed by atoms with E-state index in [-0.39, 0.29) is 0 Å². The molecular weight excluding hydrogens is 240 g/mol. The van der Waals surface area contributed by atoms with Crippen LogP contribution in [0.3, 0.4) is 0 Å². The molecule has 1 aromatic heterocycles. The second kappa shape index (κ2) is 5.03. The van der Waals surface area contributed by atoms with Crippen LogP contribution in [0.1, 0.15) is 37.4 Å². The normalized spacial score (nSPS) is 21.2. The Labute approximate surface area is 107 Å². The van der Waals surface area contributed by atoms with Crippen LogP contribution in [0.5, 0.6) is 0 Å². The largest absolute Gasteiger partial charge is 0.297 e. The van der Waals surface area contributed by atoms with Gasteiger partial charge in [0, 0.05) is 5.38 Å². The summed E-state index contributed by atoms with van der Waals surface area (Å²) in [6, 6.07) is 0. The molecule has 0 N–H and O–H groups in total. The average Bonchev–Trinajstić information content (AvgIpc) is 2.69. The van der Waals surface area contributed by atoms with Crippen LogP contribution in [0.2, 0.25) is 0 Å². The summed E-state index contributed by atoms with van der Waals surface area (Å²) in [5, 5.41) is 3.27. The van der Waals surface area contributed by atoms with Crippen molar-refractivity contribution < 1.29 is 0 Å². The maximum Gasteiger partial charge on any atom is 0.107 e. The zero-order chi connectivity index (χ0) is 11.6. The van der Waals surface area contributed by atoms with Gasteiger partial charge in [-0.1, -0.05) is 13.8 Å². The SMILES string of the molecule is CC1(C)CCN(Cc2nc(CCl)cs2)CC1. The number of thiazole rings is 1. The number of hydrogen-bond donors (Lipinski definition) is 0. The van der Waals surface area contributed by atoms with Crippen molar-refractivity contribution in [2.24, 2.45) is 5.41 Å². The van der Waals surface area contributed by atoms with E-state index in [9.17, 15) is 0 Å². The summed E-state index contributed by atoms with van der Waals surface area (Å²) in [5.41, 5.74) is 1.54. The summed E-state index contributed by atoms with van der Waals surface area (Å²) < 4.78 is 0. The summed E-state index contributed by atoms with van der Waals surface area (Å²) >= 11 is 7.48. The maximum atomic E-state index is 5.75. The average molecular weight is 259 g/mol. The molecule has 0 unspecified atom stereocenters. The lowest BCUT2D eigenvalue weighted by molar-refractivity contribution is 0.127. The minimum absolute atomic E-state index is 0.528. The first-order chi connectivity index (χ1) is 7.59. The predicted octanol–water partition coefficient (Wildman–Crippen LogP) is 3.50. The Morgan fingerprint density at radius 3 is 2.69 bits per heavy atom. The highest BCUT2D eigenvalue weighted by atomic mass is 35.5. The van der Waals surface area contributed by atoms with Crippen LogP contribution in [0, 0.1) is 5.41 Å². The fourth-order valence-corrected chi connectivity index (χ4v) is 3.05. The van der Waals surface area contributed by atoms with Crippen LogP contribution in [0.15, 0.2) is 5.38 Å². The molecule has 2 rings (SSSR count). The molecule has 90 valence electrons. The van der Waals surface area contributed by atoms with Gasteiger partial charge in [0.05, 0.1) is 18.1 Å². The van der Waals surface area contributed by atoms with Crippen molar-refractivity contribution in [3.05, 3.63) is 16.1 Å². The molecule has 1 aliphatic heterocycles. The second-order valence-electron chi connectivity index (χ2n) is 5.31. The van der Waals surface area contributed by atoms with Crippen molar-refractivity contribution >= 4 is 22.9 Å². The molecule has 1 aromatic rings. The lowest BCUT2D eigenvalue weighted by atomic mass is 9.83. The number of rotatable bonds is 3. The van der Waals surface area contributed by atoms with Crippen LogP contribution >= 0.6 is 22.9 Å². The Kier molecular flexibility index (Phi) is 3.88. The zero-order valence-electron chi connectivity index (χ0n) is 10.0. The highest BCUT2D eigenvalue weighted by Crippen LogP contribution is 2.30. The van der Waals surface area contributed by atoms with Crippen LogP contribution in [-0.2, 0) is 12.4 Å². The van der Waals surface area contributed by atoms with Gasteiger partial charge in [0.1, 0.15) is 5.01 Å². The van der Waals surface area contributed by atoms with E-state index >= 15 is 0 Å². The molecule has 0 amide bonds. The van der Waals surface area contributed by atoms with Crippen LogP contribution in [0.25, 0.3) is 0 Å². The van der Waals surface area contributed by atoms with Crippen molar-refractivity contribution in [3.63, 3.8) is 0 Å². The third-order valence-corrected chi connectivity index (χ3v) is 4.46. The van der Waals surface area contributed by atoms with E-state index < -0.39 is 0 Å². The van der Waals surface area contributed by atoms with Crippen molar-refractivity contribution in [2.45, 2.75) is 39.1 Å². The first-order valence-electron chi connectivity index (χ1n) is 5.81. The fraction of sp³-hybridized carbons (Fsp3) is 0.750. The number of hydrogen-bond acceptors (Lipinski definition) is 3. The zero-order valence-corrected chi connectivity index (χ0v) is 11.6. The lowest BCUT2D eigenvalue weighted by Gasteiger charge is -2.36. The molecule has 0 spiro atoms. The highest BCUT2D eigenvalue weighted by Gasteiger charge is 2.25. The van der Waals surface area contributed by atoms with E-state index in [2.05, 4.69) is 29.1 Å². The molecule has 1 aliphatic rings. The number of halogens is 1. The Bertz CT molecular complexity index is 339. The quantitative estimate of drug-likeness (QED) is 0.772. The molecule has 1 saturated heterocycles. The Balaban J connectivity index is 1.87. The summed E-state index contributed by atoms with van der Waals surface area (Å²) in [6.45, 7) is 8.11. The molecule has 2 nitrogen and oxygen atoms in total. The van der Waals surface area contributed by atoms with Gasteiger partial charge in [-0.05, 0) is 31.3 Å². The van der Waals surface area contributed by atoms with Crippen molar-refractivity contribution in [1.29, 1.82) is 0 Å². The lowest BCUT2D eigenvalue weighted by Crippen LogP contribution is -2.36. The molecular formula is C12H19ClN2S. The van der Waals surface area contributed by atoms with E-state index in [1.807, 2.05) is 0 Å². The summed E-state index contributed by atoms with van der Waals surface area (Å²) in [7, 11) is 0. The van der Waals surface area contributed by atoms with Crippen LogP contribution in [0.4, 0.5) is 0 Å². The van der Waals surface area contributed by atoms with E-state index in [4.69, 9.17) is 11.6 Å². The van der Waals surface area contributed by atoms with Gasteiger partial charge in [-0.15, -0.1) is 22.9 Å². The minimum atomic E-state index is 0.528. The maximum absolute atomic E-state index is 5.75. The summed E-state index contributed by atoms with van der Waals surface area (Å²) in [4.78, 5) is 7.01. The number of aromatic nitrogens is 1. The van der Waals surface area contributed by atoms with Gasteiger partial charge in [-0.3, -0.25) is 4.90 Å². The van der Waals surface area contributed by atoms with Gasteiger partial charge in [-0.25, -0.2) is 4.98 Å². The molecule has 0 aliphatic carbocycles. The fourth-order valence-electron chi connectivity index (χ4n) is 1.99. The van der Waals surface area contributed by atoms with Crippen molar-refractivity contribution in [1.82, 2.24) is 9.88 Å². The van der Waals surface area contributed by atoms with Crippen LogP contribution < -0.4 is 0 Å². The summed E-state index contributed by atoms with van der Waals surface area (Å²) in [6.07, 6.45) is 2.58. The Hall–Kier alpha value is -0.120. The van der Waals surface area contributed by atoms with Gasteiger partial charge >= 0.3 is 0 Å². The number of piperidine rings is 1.